The Morgan fingerprint density at radius 3 is 2.75 bits per heavy atom. The van der Waals surface area contributed by atoms with Gasteiger partial charge >= 0.3 is 0 Å². The summed E-state index contributed by atoms with van der Waals surface area (Å²) in [7, 11) is 0. The van der Waals surface area contributed by atoms with Crippen molar-refractivity contribution in [1.29, 1.82) is 0 Å². The summed E-state index contributed by atoms with van der Waals surface area (Å²) in [6.45, 7) is 10.2. The highest BCUT2D eigenvalue weighted by Crippen LogP contribution is 2.12. The molecule has 24 heavy (non-hydrogen) atoms. The number of allylic oxidation sites excluding steroid dienone is 5. The largest absolute Gasteiger partial charge is 0.366 e. The van der Waals surface area contributed by atoms with Crippen molar-refractivity contribution in [2.24, 2.45) is 0 Å². The van der Waals surface area contributed by atoms with Gasteiger partial charge in [0, 0.05) is 12.1 Å². The van der Waals surface area contributed by atoms with Gasteiger partial charge in [-0.15, -0.1) is 5.10 Å². The van der Waals surface area contributed by atoms with Gasteiger partial charge < -0.3 is 5.73 Å². The van der Waals surface area contributed by atoms with Crippen molar-refractivity contribution in [2.75, 3.05) is 5.73 Å². The Labute approximate surface area is 142 Å². The SMILES string of the molecule is C=C/C(=C\C=C/C)CCc1nc(N)nn1Cc1cc(C)nc(C)n1. The smallest absolute Gasteiger partial charge is 0.239 e. The van der Waals surface area contributed by atoms with Crippen LogP contribution >= 0.6 is 0 Å². The second-order valence-corrected chi connectivity index (χ2v) is 5.56. The van der Waals surface area contributed by atoms with Crippen LogP contribution in [0.2, 0.25) is 0 Å². The third kappa shape index (κ3) is 4.87. The van der Waals surface area contributed by atoms with E-state index < -0.39 is 0 Å². The second kappa shape index (κ2) is 8.19. The molecule has 6 heteroatoms. The number of nitrogens with zero attached hydrogens (tertiary/aromatic N) is 5. The number of hydrogen-bond donors (Lipinski definition) is 1. The highest BCUT2D eigenvalue weighted by Gasteiger charge is 2.10. The van der Waals surface area contributed by atoms with E-state index in [4.69, 9.17) is 5.73 Å². The van der Waals surface area contributed by atoms with Crippen LogP contribution in [0.4, 0.5) is 5.95 Å². The van der Waals surface area contributed by atoms with Crippen LogP contribution in [0, 0.1) is 13.8 Å². The van der Waals surface area contributed by atoms with Gasteiger partial charge in [0.15, 0.2) is 0 Å². The van der Waals surface area contributed by atoms with Crippen molar-refractivity contribution in [1.82, 2.24) is 24.7 Å². The van der Waals surface area contributed by atoms with Gasteiger partial charge in [0.05, 0.1) is 12.2 Å². The first-order valence-electron chi connectivity index (χ1n) is 7.96. The summed E-state index contributed by atoms with van der Waals surface area (Å²) in [6, 6.07) is 1.95. The van der Waals surface area contributed by atoms with Gasteiger partial charge in [0.2, 0.25) is 5.95 Å². The lowest BCUT2D eigenvalue weighted by molar-refractivity contribution is 0.621. The highest BCUT2D eigenvalue weighted by atomic mass is 15.4. The summed E-state index contributed by atoms with van der Waals surface area (Å²) >= 11 is 0. The summed E-state index contributed by atoms with van der Waals surface area (Å²) in [5.41, 5.74) is 8.78. The van der Waals surface area contributed by atoms with E-state index in [0.29, 0.717) is 6.54 Å². The number of anilines is 1. The first-order chi connectivity index (χ1) is 11.5. The second-order valence-electron chi connectivity index (χ2n) is 5.56. The van der Waals surface area contributed by atoms with Crippen molar-refractivity contribution in [3.63, 3.8) is 0 Å². The molecular formula is C18H24N6. The van der Waals surface area contributed by atoms with Crippen molar-refractivity contribution in [2.45, 2.75) is 40.2 Å². The summed E-state index contributed by atoms with van der Waals surface area (Å²) < 4.78 is 1.81. The molecule has 0 fully saturated rings. The molecule has 6 nitrogen and oxygen atoms in total. The van der Waals surface area contributed by atoms with Crippen molar-refractivity contribution in [3.05, 3.63) is 65.6 Å². The average molecular weight is 324 g/mol. The van der Waals surface area contributed by atoms with Crippen LogP contribution in [0.3, 0.4) is 0 Å². The lowest BCUT2D eigenvalue weighted by Crippen LogP contribution is -2.10. The number of aryl methyl sites for hydroxylation is 3. The minimum Gasteiger partial charge on any atom is -0.366 e. The molecule has 0 aliphatic carbocycles. The number of hydrogen-bond acceptors (Lipinski definition) is 5. The van der Waals surface area contributed by atoms with E-state index in [0.717, 1.165) is 41.5 Å². The zero-order chi connectivity index (χ0) is 17.5. The molecule has 0 saturated heterocycles. The third-order valence-corrected chi connectivity index (χ3v) is 3.50. The van der Waals surface area contributed by atoms with Gasteiger partial charge in [-0.05, 0) is 38.8 Å². The van der Waals surface area contributed by atoms with Crippen molar-refractivity contribution >= 4 is 5.95 Å². The van der Waals surface area contributed by atoms with Crippen molar-refractivity contribution < 1.29 is 0 Å². The fraction of sp³-hybridized carbons (Fsp3) is 0.333. The summed E-state index contributed by atoms with van der Waals surface area (Å²) in [4.78, 5) is 13.1. The van der Waals surface area contributed by atoms with E-state index in [1.807, 2.05) is 55.8 Å². The molecule has 0 saturated carbocycles. The molecule has 2 rings (SSSR count). The molecule has 0 bridgehead atoms. The van der Waals surface area contributed by atoms with Crippen LogP contribution in [-0.4, -0.2) is 24.7 Å². The average Bonchev–Trinajstić information content (AvgIpc) is 2.86. The molecule has 0 spiro atoms. The Kier molecular flexibility index (Phi) is 6.01. The Bertz CT molecular complexity index is 750. The molecule has 2 aromatic heterocycles. The quantitative estimate of drug-likeness (QED) is 0.792. The first-order valence-corrected chi connectivity index (χ1v) is 7.96. The van der Waals surface area contributed by atoms with Crippen LogP contribution in [0.5, 0.6) is 0 Å². The molecule has 2 heterocycles. The molecule has 0 amide bonds. The molecule has 0 aliphatic heterocycles. The van der Waals surface area contributed by atoms with E-state index in [1.54, 1.807) is 0 Å². The monoisotopic (exact) mass is 324 g/mol. The molecule has 126 valence electrons. The number of aromatic nitrogens is 5. The van der Waals surface area contributed by atoms with Crippen LogP contribution in [-0.2, 0) is 13.0 Å². The summed E-state index contributed by atoms with van der Waals surface area (Å²) in [6.07, 6.45) is 9.47. The lowest BCUT2D eigenvalue weighted by atomic mass is 10.1. The minimum atomic E-state index is 0.282. The topological polar surface area (TPSA) is 82.5 Å². The molecule has 2 aromatic rings. The van der Waals surface area contributed by atoms with Gasteiger partial charge in [-0.3, -0.25) is 0 Å². The van der Waals surface area contributed by atoms with Crippen molar-refractivity contribution in [3.8, 4) is 0 Å². The Morgan fingerprint density at radius 1 is 1.29 bits per heavy atom. The van der Waals surface area contributed by atoms with Gasteiger partial charge in [-0.25, -0.2) is 14.6 Å². The Morgan fingerprint density at radius 2 is 2.08 bits per heavy atom. The molecule has 0 atom stereocenters. The van der Waals surface area contributed by atoms with Gasteiger partial charge in [0.1, 0.15) is 11.6 Å². The van der Waals surface area contributed by atoms with Crippen LogP contribution in [0.1, 0.15) is 36.4 Å². The Hall–Kier alpha value is -2.76. The zero-order valence-corrected chi connectivity index (χ0v) is 14.5. The molecule has 0 unspecified atom stereocenters. The van der Waals surface area contributed by atoms with E-state index in [9.17, 15) is 0 Å². The maximum absolute atomic E-state index is 5.79. The molecule has 0 radical (unpaired) electrons. The predicted octanol–water partition coefficient (Wildman–Crippen LogP) is 2.94. The van der Waals surface area contributed by atoms with Crippen LogP contribution in [0.25, 0.3) is 0 Å². The number of nitrogen functional groups attached to an aromatic ring is 1. The van der Waals surface area contributed by atoms with E-state index in [1.165, 1.54) is 0 Å². The van der Waals surface area contributed by atoms with Crippen LogP contribution < -0.4 is 5.73 Å². The standard InChI is InChI=1S/C18H24N6/c1-5-7-8-15(6-2)9-10-17-22-18(19)23-24(17)12-16-11-13(3)20-14(4)21-16/h5-8,11H,2,9-10,12H2,1,3-4H3,(H2,19,23)/b7-5-,15-8+. The molecule has 0 aliphatic rings. The fourth-order valence-electron chi connectivity index (χ4n) is 2.46. The maximum atomic E-state index is 5.79. The lowest BCUT2D eigenvalue weighted by Gasteiger charge is -2.07. The van der Waals surface area contributed by atoms with E-state index >= 15 is 0 Å². The summed E-state index contributed by atoms with van der Waals surface area (Å²) in [5, 5.41) is 4.29. The normalized spacial score (nSPS) is 12.0. The van der Waals surface area contributed by atoms with Crippen LogP contribution in [0.15, 0.2) is 42.5 Å². The Balaban J connectivity index is 2.16. The predicted molar refractivity (Wildman–Crippen MR) is 96.5 cm³/mol. The van der Waals surface area contributed by atoms with E-state index in [2.05, 4.69) is 26.6 Å². The maximum Gasteiger partial charge on any atom is 0.239 e. The first kappa shape index (κ1) is 17.6. The van der Waals surface area contributed by atoms with Gasteiger partial charge in [0.25, 0.3) is 0 Å². The number of rotatable bonds is 7. The fourth-order valence-corrected chi connectivity index (χ4v) is 2.46. The molecular weight excluding hydrogens is 300 g/mol. The molecule has 2 N–H and O–H groups in total. The minimum absolute atomic E-state index is 0.282. The van der Waals surface area contributed by atoms with E-state index in [-0.39, 0.29) is 5.95 Å². The highest BCUT2D eigenvalue weighted by molar-refractivity contribution is 5.23. The third-order valence-electron chi connectivity index (χ3n) is 3.50. The zero-order valence-electron chi connectivity index (χ0n) is 14.5. The molecule has 0 aromatic carbocycles. The van der Waals surface area contributed by atoms with Gasteiger partial charge in [-0.1, -0.05) is 30.9 Å². The van der Waals surface area contributed by atoms with Gasteiger partial charge in [-0.2, -0.15) is 4.98 Å². The summed E-state index contributed by atoms with van der Waals surface area (Å²) in [5.74, 6) is 1.88. The number of nitrogens with two attached hydrogens (primary N) is 1.